The van der Waals surface area contributed by atoms with Gasteiger partial charge in [0.15, 0.2) is 5.76 Å². The average Bonchev–Trinajstić information content (AvgIpc) is 3.30. The van der Waals surface area contributed by atoms with Gasteiger partial charge in [-0.3, -0.25) is 4.79 Å². The molecule has 1 aromatic carbocycles. The molecule has 3 aromatic rings. The molecule has 3 N–H and O–H groups in total. The standard InChI is InChI=1S/C25H27N5O3/c1-16(31)25-27-10-11-29(25)13-19-12-23(33-28-19)18-5-2-17(3-6-18)4-7-20-21-14-30(15-22(20)21)24(32)8-9-26/h2-3,5-6,10-12,16,20-22,31H,8-9,13-15,26H2,1H3/t16-,20-,21-,22+/m0/s1. The largest absolute Gasteiger partial charge is 0.385 e. The van der Waals surface area contributed by atoms with E-state index in [1.165, 1.54) is 0 Å². The fraction of sp³-hybridized carbons (Fsp3) is 0.400. The Kier molecular flexibility index (Phi) is 5.75. The summed E-state index contributed by atoms with van der Waals surface area (Å²) >= 11 is 0. The molecule has 8 nitrogen and oxygen atoms in total. The molecule has 2 aliphatic rings. The summed E-state index contributed by atoms with van der Waals surface area (Å²) in [4.78, 5) is 18.1. The number of carbonyl (C=O) groups excluding carboxylic acids is 1. The van der Waals surface area contributed by atoms with E-state index in [-0.39, 0.29) is 5.91 Å². The van der Waals surface area contributed by atoms with E-state index < -0.39 is 6.10 Å². The number of hydrogen-bond donors (Lipinski definition) is 2. The van der Waals surface area contributed by atoms with Crippen LogP contribution in [0, 0.1) is 29.6 Å². The Balaban J connectivity index is 1.18. The van der Waals surface area contributed by atoms with Gasteiger partial charge in [0.1, 0.15) is 17.6 Å². The minimum atomic E-state index is -0.646. The fourth-order valence-corrected chi connectivity index (χ4v) is 4.63. The van der Waals surface area contributed by atoms with Gasteiger partial charge in [-0.05, 0) is 43.0 Å². The van der Waals surface area contributed by atoms with Gasteiger partial charge in [-0.1, -0.05) is 17.0 Å². The lowest BCUT2D eigenvalue weighted by Gasteiger charge is -2.18. The molecule has 4 atom stereocenters. The van der Waals surface area contributed by atoms with Crippen LogP contribution in [-0.2, 0) is 11.3 Å². The van der Waals surface area contributed by atoms with Crippen LogP contribution in [0.2, 0.25) is 0 Å². The number of piperidine rings is 1. The zero-order chi connectivity index (χ0) is 22.9. The summed E-state index contributed by atoms with van der Waals surface area (Å²) in [6, 6.07) is 9.83. The molecule has 0 spiro atoms. The van der Waals surface area contributed by atoms with E-state index in [1.807, 2.05) is 46.0 Å². The monoisotopic (exact) mass is 445 g/mol. The maximum atomic E-state index is 12.0. The van der Waals surface area contributed by atoms with Crippen LogP contribution in [0.1, 0.15) is 36.5 Å². The van der Waals surface area contributed by atoms with Crippen LogP contribution in [0.5, 0.6) is 0 Å². The van der Waals surface area contributed by atoms with E-state index in [4.69, 9.17) is 10.3 Å². The SMILES string of the molecule is C[C@H](O)c1nccn1Cc1cc(-c2ccc(C#C[C@@H]3[C@H]4CN(C(=O)CCN)C[C@@H]34)cc2)on1. The summed E-state index contributed by atoms with van der Waals surface area (Å²) < 4.78 is 7.38. The van der Waals surface area contributed by atoms with Crippen molar-refractivity contribution in [2.75, 3.05) is 19.6 Å². The Morgan fingerprint density at radius 2 is 2.06 bits per heavy atom. The molecule has 1 saturated heterocycles. The zero-order valence-electron chi connectivity index (χ0n) is 18.5. The topological polar surface area (TPSA) is 110 Å². The van der Waals surface area contributed by atoms with Crippen molar-refractivity contribution in [3.8, 4) is 23.2 Å². The number of imidazole rings is 1. The molecule has 0 unspecified atom stereocenters. The van der Waals surface area contributed by atoms with Crippen molar-refractivity contribution in [1.82, 2.24) is 19.6 Å². The van der Waals surface area contributed by atoms with Crippen LogP contribution in [-0.4, -0.2) is 50.3 Å². The van der Waals surface area contributed by atoms with Crippen LogP contribution < -0.4 is 5.73 Å². The zero-order valence-corrected chi connectivity index (χ0v) is 18.5. The van der Waals surface area contributed by atoms with Crippen LogP contribution in [0.3, 0.4) is 0 Å². The summed E-state index contributed by atoms with van der Waals surface area (Å²) in [5, 5.41) is 14.0. The number of rotatable bonds is 6. The Bertz CT molecular complexity index is 1190. The second kappa shape index (κ2) is 8.85. The van der Waals surface area contributed by atoms with E-state index in [0.29, 0.717) is 48.8 Å². The Labute approximate surface area is 192 Å². The lowest BCUT2D eigenvalue weighted by atomic mass is 10.1. The number of hydrogen-bond acceptors (Lipinski definition) is 6. The van der Waals surface area contributed by atoms with Gasteiger partial charge >= 0.3 is 0 Å². The predicted octanol–water partition coefficient (Wildman–Crippen LogP) is 2.04. The molecular weight excluding hydrogens is 418 g/mol. The molecule has 33 heavy (non-hydrogen) atoms. The first-order chi connectivity index (χ1) is 16.0. The fourth-order valence-electron chi connectivity index (χ4n) is 4.63. The summed E-state index contributed by atoms with van der Waals surface area (Å²) in [5.41, 5.74) is 8.13. The highest BCUT2D eigenvalue weighted by molar-refractivity contribution is 5.77. The lowest BCUT2D eigenvalue weighted by molar-refractivity contribution is -0.130. The average molecular weight is 446 g/mol. The molecule has 8 heteroatoms. The van der Waals surface area contributed by atoms with E-state index in [1.54, 1.807) is 13.1 Å². The van der Waals surface area contributed by atoms with Crippen LogP contribution in [0.25, 0.3) is 11.3 Å². The van der Waals surface area contributed by atoms with Crippen LogP contribution in [0.4, 0.5) is 0 Å². The number of carbonyl (C=O) groups is 1. The Morgan fingerprint density at radius 3 is 2.76 bits per heavy atom. The van der Waals surface area contributed by atoms with Gasteiger partial charge in [0.25, 0.3) is 0 Å². The maximum absolute atomic E-state index is 12.0. The Morgan fingerprint density at radius 1 is 1.30 bits per heavy atom. The molecule has 2 fully saturated rings. The highest BCUT2D eigenvalue weighted by atomic mass is 16.5. The van der Waals surface area contributed by atoms with E-state index >= 15 is 0 Å². The van der Waals surface area contributed by atoms with Crippen LogP contribution >= 0.6 is 0 Å². The molecule has 5 rings (SSSR count). The number of nitrogens with zero attached hydrogens (tertiary/aromatic N) is 4. The minimum absolute atomic E-state index is 0.163. The molecule has 1 aliphatic carbocycles. The third-order valence-corrected chi connectivity index (χ3v) is 6.47. The molecule has 0 radical (unpaired) electrons. The number of fused-ring (bicyclic) bond motifs is 1. The highest BCUT2D eigenvalue weighted by Crippen LogP contribution is 2.51. The number of likely N-dealkylation sites (tertiary alicyclic amines) is 1. The maximum Gasteiger partial charge on any atom is 0.223 e. The second-order valence-electron chi connectivity index (χ2n) is 8.81. The second-order valence-corrected chi connectivity index (χ2v) is 8.81. The van der Waals surface area contributed by atoms with Crippen molar-refractivity contribution < 1.29 is 14.4 Å². The van der Waals surface area contributed by atoms with Gasteiger partial charge in [-0.25, -0.2) is 4.98 Å². The number of nitrogens with two attached hydrogens (primary N) is 1. The Hall–Kier alpha value is -3.41. The quantitative estimate of drug-likeness (QED) is 0.562. The number of aromatic nitrogens is 3. The number of amides is 1. The number of aliphatic hydroxyl groups is 1. The van der Waals surface area contributed by atoms with Gasteiger partial charge in [0, 0.05) is 61.6 Å². The summed E-state index contributed by atoms with van der Waals surface area (Å²) in [5.74, 6) is 9.52. The van der Waals surface area contributed by atoms with Crippen molar-refractivity contribution in [1.29, 1.82) is 0 Å². The molecule has 3 heterocycles. The van der Waals surface area contributed by atoms with Crippen molar-refractivity contribution >= 4 is 5.91 Å². The van der Waals surface area contributed by atoms with E-state index in [0.717, 1.165) is 29.9 Å². The van der Waals surface area contributed by atoms with Gasteiger partial charge in [-0.2, -0.15) is 0 Å². The first-order valence-corrected chi connectivity index (χ1v) is 11.3. The molecule has 2 aromatic heterocycles. The third kappa shape index (κ3) is 4.42. The first-order valence-electron chi connectivity index (χ1n) is 11.3. The van der Waals surface area contributed by atoms with Crippen molar-refractivity contribution in [3.05, 3.63) is 59.8 Å². The highest BCUT2D eigenvalue weighted by Gasteiger charge is 2.55. The summed E-state index contributed by atoms with van der Waals surface area (Å²) in [6.07, 6.45) is 3.26. The third-order valence-electron chi connectivity index (χ3n) is 6.47. The molecule has 1 aliphatic heterocycles. The molecule has 1 saturated carbocycles. The molecule has 0 bridgehead atoms. The van der Waals surface area contributed by atoms with E-state index in [9.17, 15) is 9.90 Å². The summed E-state index contributed by atoms with van der Waals surface area (Å²) in [6.45, 7) is 4.20. The lowest BCUT2D eigenvalue weighted by Crippen LogP contribution is -2.32. The normalized spacial score (nSPS) is 21.9. The molecule has 1 amide bonds. The van der Waals surface area contributed by atoms with Crippen LogP contribution in [0.15, 0.2) is 47.2 Å². The van der Waals surface area contributed by atoms with Gasteiger partial charge in [-0.15, -0.1) is 0 Å². The molecule has 170 valence electrons. The van der Waals surface area contributed by atoms with Crippen molar-refractivity contribution in [3.63, 3.8) is 0 Å². The van der Waals surface area contributed by atoms with E-state index in [2.05, 4.69) is 22.0 Å². The van der Waals surface area contributed by atoms with Crippen molar-refractivity contribution in [2.24, 2.45) is 23.5 Å². The summed E-state index contributed by atoms with van der Waals surface area (Å²) in [7, 11) is 0. The van der Waals surface area contributed by atoms with Crippen molar-refractivity contribution in [2.45, 2.75) is 26.0 Å². The smallest absolute Gasteiger partial charge is 0.223 e. The number of aliphatic hydroxyl groups excluding tert-OH is 1. The number of benzene rings is 1. The predicted molar refractivity (Wildman–Crippen MR) is 122 cm³/mol. The minimum Gasteiger partial charge on any atom is -0.385 e. The van der Waals surface area contributed by atoms with Gasteiger partial charge in [0.05, 0.1) is 6.54 Å². The molecular formula is C25H27N5O3. The van der Waals surface area contributed by atoms with Gasteiger partial charge < -0.3 is 24.8 Å². The first kappa shape index (κ1) is 21.4. The van der Waals surface area contributed by atoms with Gasteiger partial charge in [0.2, 0.25) is 5.91 Å².